The highest BCUT2D eigenvalue weighted by atomic mass is 79.9. The molecule has 0 unspecified atom stereocenters. The molecule has 2 N–H and O–H groups in total. The van der Waals surface area contributed by atoms with Gasteiger partial charge in [-0.15, -0.1) is 0 Å². The zero-order valence-electron chi connectivity index (χ0n) is 9.95. The van der Waals surface area contributed by atoms with Gasteiger partial charge in [0.15, 0.2) is 0 Å². The summed E-state index contributed by atoms with van der Waals surface area (Å²) in [4.78, 5) is 16.2. The van der Waals surface area contributed by atoms with Crippen molar-refractivity contribution in [2.75, 3.05) is 5.32 Å². The minimum absolute atomic E-state index is 0.0185. The van der Waals surface area contributed by atoms with Gasteiger partial charge in [0.2, 0.25) is 0 Å². The Morgan fingerprint density at radius 1 is 1.42 bits per heavy atom. The molecule has 1 amide bonds. The van der Waals surface area contributed by atoms with Gasteiger partial charge in [-0.3, -0.25) is 4.79 Å². The van der Waals surface area contributed by atoms with E-state index >= 15 is 0 Å². The summed E-state index contributed by atoms with van der Waals surface area (Å²) in [5.74, 6) is 0.0152. The molecule has 6 heteroatoms. The van der Waals surface area contributed by atoms with Crippen LogP contribution in [0.5, 0.6) is 5.75 Å². The van der Waals surface area contributed by atoms with Gasteiger partial charge in [-0.2, -0.15) is 0 Å². The third kappa shape index (κ3) is 3.24. The van der Waals surface area contributed by atoms with E-state index in [9.17, 15) is 9.90 Å². The van der Waals surface area contributed by atoms with Crippen molar-refractivity contribution in [3.05, 3.63) is 51.1 Å². The van der Waals surface area contributed by atoms with E-state index in [0.29, 0.717) is 5.82 Å². The molecular formula is C13H10BrClN2O2. The summed E-state index contributed by atoms with van der Waals surface area (Å²) >= 11 is 9.22. The Bertz CT molecular complexity index is 647. The number of aromatic nitrogens is 1. The quantitative estimate of drug-likeness (QED) is 0.874. The molecule has 0 aliphatic heterocycles. The van der Waals surface area contributed by atoms with Gasteiger partial charge in [0.25, 0.3) is 5.91 Å². The first-order chi connectivity index (χ1) is 8.97. The average molecular weight is 342 g/mol. The monoisotopic (exact) mass is 340 g/mol. The molecule has 0 saturated carbocycles. The maximum atomic E-state index is 12.1. The summed E-state index contributed by atoms with van der Waals surface area (Å²) in [7, 11) is 0. The number of aromatic hydroxyl groups is 1. The van der Waals surface area contributed by atoms with Crippen LogP contribution >= 0.6 is 27.5 Å². The van der Waals surface area contributed by atoms with Gasteiger partial charge in [0.05, 0.1) is 10.6 Å². The summed E-state index contributed by atoms with van der Waals surface area (Å²) in [6.07, 6.45) is 1.59. The lowest BCUT2D eigenvalue weighted by molar-refractivity contribution is 0.102. The minimum Gasteiger partial charge on any atom is -0.508 e. The summed E-state index contributed by atoms with van der Waals surface area (Å²) in [6, 6.07) is 6.04. The maximum Gasteiger partial charge on any atom is 0.258 e. The number of benzene rings is 1. The first-order valence-corrected chi connectivity index (χ1v) is 6.56. The van der Waals surface area contributed by atoms with E-state index in [1.165, 1.54) is 18.2 Å². The third-order valence-corrected chi connectivity index (χ3v) is 3.23. The lowest BCUT2D eigenvalue weighted by atomic mass is 10.2. The molecule has 19 heavy (non-hydrogen) atoms. The summed E-state index contributed by atoms with van der Waals surface area (Å²) < 4.78 is 0.832. The smallest absolute Gasteiger partial charge is 0.258 e. The Kier molecular flexibility index (Phi) is 4.07. The van der Waals surface area contributed by atoms with E-state index in [1.54, 1.807) is 6.20 Å². The highest BCUT2D eigenvalue weighted by Gasteiger charge is 2.13. The van der Waals surface area contributed by atoms with E-state index in [4.69, 9.17) is 11.6 Å². The van der Waals surface area contributed by atoms with Crippen LogP contribution in [0.2, 0.25) is 5.02 Å². The lowest BCUT2D eigenvalue weighted by Crippen LogP contribution is -2.14. The molecule has 1 heterocycles. The maximum absolute atomic E-state index is 12.1. The number of carbonyl (C=O) groups is 1. The van der Waals surface area contributed by atoms with Gasteiger partial charge in [0, 0.05) is 10.7 Å². The first-order valence-electron chi connectivity index (χ1n) is 5.39. The average Bonchev–Trinajstić information content (AvgIpc) is 2.35. The number of phenolic OH excluding ortho intramolecular Hbond substituents is 1. The van der Waals surface area contributed by atoms with Gasteiger partial charge >= 0.3 is 0 Å². The number of amides is 1. The van der Waals surface area contributed by atoms with Crippen molar-refractivity contribution < 1.29 is 9.90 Å². The standard InChI is InChI=1S/C13H10BrClN2O2/c1-7-4-8(14)6-16-12(7)17-13(19)10-5-9(18)2-3-11(10)15/h2-6,18H,1H3,(H,16,17,19). The molecule has 1 aromatic heterocycles. The topological polar surface area (TPSA) is 62.2 Å². The number of hydrogen-bond donors (Lipinski definition) is 2. The van der Waals surface area contributed by atoms with Gasteiger partial charge in [-0.25, -0.2) is 4.98 Å². The van der Waals surface area contributed by atoms with Crippen molar-refractivity contribution in [2.45, 2.75) is 6.92 Å². The van der Waals surface area contributed by atoms with Gasteiger partial charge in [0.1, 0.15) is 11.6 Å². The van der Waals surface area contributed by atoms with Crippen LogP contribution in [0, 0.1) is 6.92 Å². The predicted molar refractivity (Wildman–Crippen MR) is 77.7 cm³/mol. The molecule has 0 fully saturated rings. The highest BCUT2D eigenvalue weighted by molar-refractivity contribution is 9.10. The van der Waals surface area contributed by atoms with Crippen LogP contribution in [0.25, 0.3) is 0 Å². The molecule has 0 atom stereocenters. The molecule has 1 aromatic carbocycles. The number of halogens is 2. The lowest BCUT2D eigenvalue weighted by Gasteiger charge is -2.09. The van der Waals surface area contributed by atoms with E-state index < -0.39 is 5.91 Å². The summed E-state index contributed by atoms with van der Waals surface area (Å²) in [5, 5.41) is 12.3. The van der Waals surface area contributed by atoms with Crippen molar-refractivity contribution in [2.24, 2.45) is 0 Å². The largest absolute Gasteiger partial charge is 0.508 e. The van der Waals surface area contributed by atoms with Crippen molar-refractivity contribution in [1.82, 2.24) is 4.98 Å². The van der Waals surface area contributed by atoms with Crippen LogP contribution in [-0.2, 0) is 0 Å². The Balaban J connectivity index is 2.28. The van der Waals surface area contributed by atoms with Gasteiger partial charge in [-0.1, -0.05) is 11.6 Å². The Morgan fingerprint density at radius 3 is 2.84 bits per heavy atom. The SMILES string of the molecule is Cc1cc(Br)cnc1NC(=O)c1cc(O)ccc1Cl. The highest BCUT2D eigenvalue weighted by Crippen LogP contribution is 2.23. The molecule has 0 radical (unpaired) electrons. The second-order valence-corrected chi connectivity index (χ2v) is 5.26. The second-order valence-electron chi connectivity index (χ2n) is 3.94. The normalized spacial score (nSPS) is 10.3. The van der Waals surface area contributed by atoms with Gasteiger partial charge in [-0.05, 0) is 52.7 Å². The number of pyridine rings is 1. The van der Waals surface area contributed by atoms with Crippen molar-refractivity contribution >= 4 is 39.3 Å². The van der Waals surface area contributed by atoms with Crippen LogP contribution < -0.4 is 5.32 Å². The number of hydrogen-bond acceptors (Lipinski definition) is 3. The van der Waals surface area contributed by atoms with Crippen molar-refractivity contribution in [3.8, 4) is 5.75 Å². The Morgan fingerprint density at radius 2 is 2.16 bits per heavy atom. The molecule has 0 saturated heterocycles. The minimum atomic E-state index is -0.418. The fourth-order valence-electron chi connectivity index (χ4n) is 1.53. The first kappa shape index (κ1) is 13.8. The molecule has 0 spiro atoms. The summed E-state index contributed by atoms with van der Waals surface area (Å²) in [5.41, 5.74) is 1.02. The molecule has 0 aliphatic carbocycles. The van der Waals surface area contributed by atoms with Crippen molar-refractivity contribution in [3.63, 3.8) is 0 Å². The number of nitrogens with one attached hydrogen (secondary N) is 1. The zero-order chi connectivity index (χ0) is 14.0. The van der Waals surface area contributed by atoms with Gasteiger partial charge < -0.3 is 10.4 Å². The summed E-state index contributed by atoms with van der Waals surface area (Å²) in [6.45, 7) is 1.83. The zero-order valence-corrected chi connectivity index (χ0v) is 12.3. The molecule has 0 bridgehead atoms. The molecule has 2 rings (SSSR count). The third-order valence-electron chi connectivity index (χ3n) is 2.47. The molecule has 4 nitrogen and oxygen atoms in total. The molecule has 98 valence electrons. The van der Waals surface area contributed by atoms with E-state index in [0.717, 1.165) is 10.0 Å². The number of carbonyl (C=O) groups excluding carboxylic acids is 1. The fraction of sp³-hybridized carbons (Fsp3) is 0.0769. The van der Waals surface area contributed by atoms with Crippen LogP contribution in [0.3, 0.4) is 0 Å². The molecule has 0 aliphatic rings. The van der Waals surface area contributed by atoms with Crippen LogP contribution in [0.1, 0.15) is 15.9 Å². The predicted octanol–water partition coefficient (Wildman–Crippen LogP) is 3.76. The van der Waals surface area contributed by atoms with Crippen LogP contribution in [0.15, 0.2) is 34.9 Å². The number of nitrogens with zero attached hydrogens (tertiary/aromatic N) is 1. The second kappa shape index (κ2) is 5.59. The number of aryl methyl sites for hydroxylation is 1. The fourth-order valence-corrected chi connectivity index (χ4v) is 2.18. The number of phenols is 1. The van der Waals surface area contributed by atoms with Crippen molar-refractivity contribution in [1.29, 1.82) is 0 Å². The van der Waals surface area contributed by atoms with E-state index in [-0.39, 0.29) is 16.3 Å². The Labute approximate surface area is 123 Å². The van der Waals surface area contributed by atoms with Crippen LogP contribution in [0.4, 0.5) is 5.82 Å². The number of anilines is 1. The molecular weight excluding hydrogens is 332 g/mol. The molecule has 2 aromatic rings. The van der Waals surface area contributed by atoms with Crippen LogP contribution in [-0.4, -0.2) is 16.0 Å². The number of rotatable bonds is 2. The van der Waals surface area contributed by atoms with E-state index in [1.807, 2.05) is 13.0 Å². The van der Waals surface area contributed by atoms with E-state index in [2.05, 4.69) is 26.2 Å². The Hall–Kier alpha value is -1.59.